The molecule has 0 heterocycles. The molecule has 4 heteroatoms. The van der Waals surface area contributed by atoms with Crippen molar-refractivity contribution >= 4 is 5.97 Å². The lowest BCUT2D eigenvalue weighted by Gasteiger charge is -2.32. The Morgan fingerprint density at radius 1 is 1.33 bits per heavy atom. The van der Waals surface area contributed by atoms with Gasteiger partial charge >= 0.3 is 5.97 Å². The molecule has 0 aliphatic carbocycles. The number of carboxylic acid groups (broad SMARTS) is 1. The molecule has 0 spiro atoms. The van der Waals surface area contributed by atoms with Crippen molar-refractivity contribution < 1.29 is 9.90 Å². The van der Waals surface area contributed by atoms with Crippen molar-refractivity contribution in [1.82, 2.24) is 10.2 Å². The molecule has 0 saturated heterocycles. The molecule has 4 nitrogen and oxygen atoms in total. The van der Waals surface area contributed by atoms with Crippen LogP contribution in [0, 0.1) is 0 Å². The van der Waals surface area contributed by atoms with Gasteiger partial charge in [-0.1, -0.05) is 0 Å². The maximum atomic E-state index is 10.3. The molecule has 0 rings (SSSR count). The molecule has 0 saturated carbocycles. The molecule has 0 aromatic heterocycles. The average Bonchev–Trinajstić information content (AvgIpc) is 2.10. The molecule has 0 atom stereocenters. The number of nitrogens with zero attached hydrogens (tertiary/aromatic N) is 1. The van der Waals surface area contributed by atoms with Crippen molar-refractivity contribution in [1.29, 1.82) is 0 Å². The first kappa shape index (κ1) is 14.4. The van der Waals surface area contributed by atoms with E-state index < -0.39 is 5.97 Å². The van der Waals surface area contributed by atoms with Crippen molar-refractivity contribution in [3.05, 3.63) is 0 Å². The Balaban J connectivity index is 3.42. The highest BCUT2D eigenvalue weighted by atomic mass is 16.4. The first-order valence-electron chi connectivity index (χ1n) is 5.46. The minimum atomic E-state index is -0.705. The number of unbranched alkanes of at least 4 members (excludes halogenated alkanes) is 1. The lowest BCUT2D eigenvalue weighted by Crippen LogP contribution is -2.46. The Morgan fingerprint density at radius 3 is 2.40 bits per heavy atom. The molecule has 0 fully saturated rings. The Kier molecular flexibility index (Phi) is 6.52. The minimum Gasteiger partial charge on any atom is -0.481 e. The number of hydrogen-bond acceptors (Lipinski definition) is 3. The summed E-state index contributed by atoms with van der Waals surface area (Å²) in [6.07, 6.45) is 1.96. The predicted molar refractivity (Wildman–Crippen MR) is 62.1 cm³/mol. The van der Waals surface area contributed by atoms with Crippen LogP contribution in [-0.4, -0.2) is 48.7 Å². The maximum Gasteiger partial charge on any atom is 0.303 e. The van der Waals surface area contributed by atoms with Crippen molar-refractivity contribution in [2.24, 2.45) is 0 Å². The maximum absolute atomic E-state index is 10.3. The van der Waals surface area contributed by atoms with Crippen LogP contribution < -0.4 is 5.32 Å². The van der Waals surface area contributed by atoms with Crippen LogP contribution in [0.15, 0.2) is 0 Å². The topological polar surface area (TPSA) is 52.6 Å². The van der Waals surface area contributed by atoms with Crippen molar-refractivity contribution in [3.63, 3.8) is 0 Å². The van der Waals surface area contributed by atoms with Crippen LogP contribution >= 0.6 is 0 Å². The van der Waals surface area contributed by atoms with Gasteiger partial charge in [0, 0.05) is 18.5 Å². The third-order valence-electron chi connectivity index (χ3n) is 2.76. The quantitative estimate of drug-likeness (QED) is 0.598. The monoisotopic (exact) mass is 216 g/mol. The number of rotatable bonds is 8. The summed E-state index contributed by atoms with van der Waals surface area (Å²) >= 11 is 0. The first-order chi connectivity index (χ1) is 6.86. The molecule has 0 radical (unpaired) electrons. The third-order valence-corrected chi connectivity index (χ3v) is 2.76. The summed E-state index contributed by atoms with van der Waals surface area (Å²) in [7, 11) is 4.12. The smallest absolute Gasteiger partial charge is 0.303 e. The van der Waals surface area contributed by atoms with Gasteiger partial charge in [-0.2, -0.15) is 0 Å². The molecular weight excluding hydrogens is 192 g/mol. The van der Waals surface area contributed by atoms with Gasteiger partial charge in [0.05, 0.1) is 0 Å². The molecule has 0 aromatic carbocycles. The first-order valence-corrected chi connectivity index (χ1v) is 5.46. The van der Waals surface area contributed by atoms with E-state index in [0.717, 1.165) is 25.9 Å². The Labute approximate surface area is 92.7 Å². The van der Waals surface area contributed by atoms with Gasteiger partial charge in [-0.15, -0.1) is 0 Å². The van der Waals surface area contributed by atoms with Gasteiger partial charge in [0.2, 0.25) is 0 Å². The van der Waals surface area contributed by atoms with Crippen LogP contribution in [0.1, 0.15) is 33.1 Å². The fourth-order valence-corrected chi connectivity index (χ4v) is 1.08. The highest BCUT2D eigenvalue weighted by molar-refractivity contribution is 5.66. The zero-order chi connectivity index (χ0) is 11.9. The molecule has 0 aliphatic rings. The van der Waals surface area contributed by atoms with Crippen LogP contribution in [0.3, 0.4) is 0 Å². The lowest BCUT2D eigenvalue weighted by molar-refractivity contribution is -0.137. The number of aliphatic carboxylic acids is 1. The van der Waals surface area contributed by atoms with Crippen LogP contribution in [-0.2, 0) is 4.79 Å². The summed E-state index contributed by atoms with van der Waals surface area (Å²) in [6, 6.07) is 0. The molecule has 0 unspecified atom stereocenters. The fraction of sp³-hybridized carbons (Fsp3) is 0.909. The normalized spacial score (nSPS) is 12.1. The second-order valence-electron chi connectivity index (χ2n) is 4.73. The molecule has 0 aromatic rings. The lowest BCUT2D eigenvalue weighted by atomic mass is 10.0. The summed E-state index contributed by atoms with van der Waals surface area (Å²) < 4.78 is 0. The molecule has 2 N–H and O–H groups in total. The highest BCUT2D eigenvalue weighted by Crippen LogP contribution is 2.07. The van der Waals surface area contributed by atoms with Crippen molar-refractivity contribution in [3.8, 4) is 0 Å². The van der Waals surface area contributed by atoms with E-state index in [1.807, 2.05) is 0 Å². The van der Waals surface area contributed by atoms with Crippen molar-refractivity contribution in [2.45, 2.75) is 38.6 Å². The number of carbonyl (C=O) groups is 1. The van der Waals surface area contributed by atoms with Gasteiger partial charge in [-0.05, 0) is 47.3 Å². The summed E-state index contributed by atoms with van der Waals surface area (Å²) in [5, 5.41) is 11.8. The van der Waals surface area contributed by atoms with E-state index in [1.165, 1.54) is 0 Å². The summed E-state index contributed by atoms with van der Waals surface area (Å²) in [4.78, 5) is 12.4. The molecule has 0 bridgehead atoms. The van der Waals surface area contributed by atoms with Crippen LogP contribution in [0.2, 0.25) is 0 Å². The van der Waals surface area contributed by atoms with E-state index in [9.17, 15) is 4.79 Å². The van der Waals surface area contributed by atoms with Crippen LogP contribution in [0.25, 0.3) is 0 Å². The minimum absolute atomic E-state index is 0.146. The zero-order valence-corrected chi connectivity index (χ0v) is 10.3. The second-order valence-corrected chi connectivity index (χ2v) is 4.73. The van der Waals surface area contributed by atoms with Gasteiger partial charge in [-0.25, -0.2) is 0 Å². The predicted octanol–water partition coefficient (Wildman–Crippen LogP) is 1.17. The number of nitrogens with one attached hydrogen (secondary N) is 1. The SMILES string of the molecule is CN(C)C(C)(C)CNCCCCC(=O)O. The van der Waals surface area contributed by atoms with E-state index in [4.69, 9.17) is 5.11 Å². The third kappa shape index (κ3) is 7.33. The number of hydrogen-bond donors (Lipinski definition) is 2. The summed E-state index contributed by atoms with van der Waals surface area (Å²) in [5.41, 5.74) is 0.146. The van der Waals surface area contributed by atoms with Crippen LogP contribution in [0.4, 0.5) is 0 Å². The molecule has 15 heavy (non-hydrogen) atoms. The average molecular weight is 216 g/mol. The number of carboxylic acids is 1. The largest absolute Gasteiger partial charge is 0.481 e. The van der Waals surface area contributed by atoms with E-state index >= 15 is 0 Å². The summed E-state index contributed by atoms with van der Waals surface area (Å²) in [5.74, 6) is -0.705. The van der Waals surface area contributed by atoms with E-state index in [0.29, 0.717) is 0 Å². The van der Waals surface area contributed by atoms with Gasteiger partial charge in [0.25, 0.3) is 0 Å². The standard InChI is InChI=1S/C11H24N2O2/c1-11(2,13(3)4)9-12-8-6-5-7-10(14)15/h12H,5-9H2,1-4H3,(H,14,15). The molecule has 0 amide bonds. The Morgan fingerprint density at radius 2 is 1.93 bits per heavy atom. The second kappa shape index (κ2) is 6.80. The van der Waals surface area contributed by atoms with E-state index in [1.54, 1.807) is 0 Å². The summed E-state index contributed by atoms with van der Waals surface area (Å²) in [6.45, 7) is 6.17. The molecule has 90 valence electrons. The van der Waals surface area contributed by atoms with Crippen LogP contribution in [0.5, 0.6) is 0 Å². The zero-order valence-electron chi connectivity index (χ0n) is 10.3. The van der Waals surface area contributed by atoms with E-state index in [-0.39, 0.29) is 12.0 Å². The van der Waals surface area contributed by atoms with Gasteiger partial charge < -0.3 is 15.3 Å². The van der Waals surface area contributed by atoms with Gasteiger partial charge in [-0.3, -0.25) is 4.79 Å². The van der Waals surface area contributed by atoms with Gasteiger partial charge in [0.15, 0.2) is 0 Å². The Hall–Kier alpha value is -0.610. The molecular formula is C11H24N2O2. The van der Waals surface area contributed by atoms with Gasteiger partial charge in [0.1, 0.15) is 0 Å². The fourth-order valence-electron chi connectivity index (χ4n) is 1.08. The van der Waals surface area contributed by atoms with Crippen molar-refractivity contribution in [2.75, 3.05) is 27.2 Å². The highest BCUT2D eigenvalue weighted by Gasteiger charge is 2.18. The molecule has 0 aliphatic heterocycles. The van der Waals surface area contributed by atoms with E-state index in [2.05, 4.69) is 38.2 Å². The number of likely N-dealkylation sites (N-methyl/N-ethyl adjacent to an activating group) is 1. The Bertz CT molecular complexity index is 191.